The van der Waals surface area contributed by atoms with Crippen LogP contribution in [0.5, 0.6) is 11.5 Å². The number of nitrogens with zero attached hydrogens (tertiary/aromatic N) is 2. The van der Waals surface area contributed by atoms with E-state index in [0.717, 1.165) is 46.3 Å². The number of hydrogen-bond donors (Lipinski definition) is 1. The number of amides is 4. The number of nitrogens with one attached hydrogen (secondary N) is 1. The van der Waals surface area contributed by atoms with Crippen molar-refractivity contribution in [3.63, 3.8) is 0 Å². The van der Waals surface area contributed by atoms with Gasteiger partial charge in [-0.05, 0) is 79.4 Å². The van der Waals surface area contributed by atoms with E-state index < -0.39 is 11.1 Å². The monoisotopic (exact) mass is 523 g/mol. The first-order chi connectivity index (χ1) is 17.7. The van der Waals surface area contributed by atoms with Crippen LogP contribution in [0.25, 0.3) is 6.08 Å². The topological polar surface area (TPSA) is 105 Å². The van der Waals surface area contributed by atoms with Crippen LogP contribution in [0, 0.1) is 13.8 Å². The number of imide groups is 1. The van der Waals surface area contributed by atoms with Crippen LogP contribution >= 0.6 is 11.8 Å². The van der Waals surface area contributed by atoms with Crippen LogP contribution < -0.4 is 14.8 Å². The Kier molecular flexibility index (Phi) is 8.17. The van der Waals surface area contributed by atoms with Gasteiger partial charge in [-0.1, -0.05) is 18.2 Å². The first-order valence-corrected chi connectivity index (χ1v) is 12.8. The minimum atomic E-state index is -0.495. The van der Waals surface area contributed by atoms with Crippen molar-refractivity contribution in [3.05, 3.63) is 58.0 Å². The maximum Gasteiger partial charge on any atom is 0.294 e. The molecule has 0 unspecified atom stereocenters. The number of thioether (sulfide) groups is 1. The molecular weight excluding hydrogens is 494 g/mol. The highest BCUT2D eigenvalue weighted by Crippen LogP contribution is 2.34. The fourth-order valence-electron chi connectivity index (χ4n) is 4.08. The fraction of sp³-hybridized carbons (Fsp3) is 0.333. The summed E-state index contributed by atoms with van der Waals surface area (Å²) in [5.41, 5.74) is 3.33. The highest BCUT2D eigenvalue weighted by Gasteiger charge is 2.37. The normalized spacial score (nSPS) is 16.5. The molecule has 1 N–H and O–H groups in total. The molecular formula is C27H29N3O6S. The Morgan fingerprint density at radius 3 is 2.54 bits per heavy atom. The summed E-state index contributed by atoms with van der Waals surface area (Å²) in [5.74, 6) is -0.287. The van der Waals surface area contributed by atoms with Crippen molar-refractivity contribution in [2.75, 3.05) is 38.7 Å². The van der Waals surface area contributed by atoms with Gasteiger partial charge in [0.15, 0.2) is 18.1 Å². The summed E-state index contributed by atoms with van der Waals surface area (Å²) in [6.07, 6.45) is 3.45. The highest BCUT2D eigenvalue weighted by atomic mass is 32.2. The zero-order valence-corrected chi connectivity index (χ0v) is 21.9. The third-order valence-electron chi connectivity index (χ3n) is 6.14. The van der Waals surface area contributed by atoms with E-state index in [1.807, 2.05) is 32.0 Å². The number of ether oxygens (including phenoxy) is 2. The summed E-state index contributed by atoms with van der Waals surface area (Å²) in [4.78, 5) is 52.9. The highest BCUT2D eigenvalue weighted by molar-refractivity contribution is 8.18. The molecule has 4 rings (SSSR count). The lowest BCUT2D eigenvalue weighted by Gasteiger charge is -2.18. The minimum Gasteiger partial charge on any atom is -0.493 e. The molecule has 10 heteroatoms. The van der Waals surface area contributed by atoms with E-state index in [9.17, 15) is 19.2 Å². The zero-order chi connectivity index (χ0) is 26.5. The SMILES string of the molecule is COc1cc(/C=C2\SC(=O)N(CC(=O)N3CCCC3)C2=O)ccc1OCC(=O)Nc1cc(C)ccc1C. The molecule has 37 heavy (non-hydrogen) atoms. The van der Waals surface area contributed by atoms with Crippen LogP contribution in [0.4, 0.5) is 10.5 Å². The first kappa shape index (κ1) is 26.3. The lowest BCUT2D eigenvalue weighted by Crippen LogP contribution is -2.40. The average Bonchev–Trinajstić information content (AvgIpc) is 3.50. The molecule has 0 aliphatic carbocycles. The molecule has 2 aromatic rings. The largest absolute Gasteiger partial charge is 0.493 e. The van der Waals surface area contributed by atoms with Crippen LogP contribution in [0.15, 0.2) is 41.3 Å². The summed E-state index contributed by atoms with van der Waals surface area (Å²) in [7, 11) is 1.47. The molecule has 0 saturated carbocycles. The standard InChI is InChI=1S/C27H29N3O6S/c1-17-6-7-18(2)20(12-17)28-24(31)16-36-21-9-8-19(13-22(21)35-3)14-23-26(33)30(27(34)37-23)15-25(32)29-10-4-5-11-29/h6-9,12-14H,4-5,10-11,15-16H2,1-3H3,(H,28,31)/b23-14-. The molecule has 2 aromatic carbocycles. The van der Waals surface area contributed by atoms with Gasteiger partial charge in [0.1, 0.15) is 6.54 Å². The van der Waals surface area contributed by atoms with Gasteiger partial charge in [0.25, 0.3) is 17.1 Å². The second-order valence-electron chi connectivity index (χ2n) is 8.92. The summed E-state index contributed by atoms with van der Waals surface area (Å²) in [5, 5.41) is 2.38. The summed E-state index contributed by atoms with van der Waals surface area (Å²) in [6.45, 7) is 4.72. The van der Waals surface area contributed by atoms with Crippen LogP contribution in [-0.2, 0) is 14.4 Å². The lowest BCUT2D eigenvalue weighted by molar-refractivity contribution is -0.135. The van der Waals surface area contributed by atoms with E-state index in [1.54, 1.807) is 29.2 Å². The van der Waals surface area contributed by atoms with E-state index in [1.165, 1.54) is 7.11 Å². The smallest absolute Gasteiger partial charge is 0.294 e. The fourth-order valence-corrected chi connectivity index (χ4v) is 4.92. The molecule has 2 fully saturated rings. The summed E-state index contributed by atoms with van der Waals surface area (Å²) >= 11 is 0.799. The van der Waals surface area contributed by atoms with Gasteiger partial charge in [-0.3, -0.25) is 24.1 Å². The Morgan fingerprint density at radius 2 is 1.81 bits per heavy atom. The van der Waals surface area contributed by atoms with Crippen molar-refractivity contribution >= 4 is 46.5 Å². The molecule has 9 nitrogen and oxygen atoms in total. The molecule has 0 radical (unpaired) electrons. The van der Waals surface area contributed by atoms with E-state index in [-0.39, 0.29) is 29.9 Å². The van der Waals surface area contributed by atoms with Gasteiger partial charge in [-0.15, -0.1) is 0 Å². The van der Waals surface area contributed by atoms with Crippen LogP contribution in [0.2, 0.25) is 0 Å². The number of rotatable bonds is 8. The van der Waals surface area contributed by atoms with Gasteiger partial charge >= 0.3 is 0 Å². The van der Waals surface area contributed by atoms with Crippen molar-refractivity contribution in [2.24, 2.45) is 0 Å². The van der Waals surface area contributed by atoms with Gasteiger partial charge in [-0.2, -0.15) is 0 Å². The van der Waals surface area contributed by atoms with Gasteiger partial charge in [0.05, 0.1) is 12.0 Å². The number of hydrogen-bond acceptors (Lipinski definition) is 7. The molecule has 0 aromatic heterocycles. The second-order valence-corrected chi connectivity index (χ2v) is 9.91. The van der Waals surface area contributed by atoms with Crippen molar-refractivity contribution in [3.8, 4) is 11.5 Å². The van der Waals surface area contributed by atoms with E-state index in [0.29, 0.717) is 30.2 Å². The Morgan fingerprint density at radius 1 is 1.05 bits per heavy atom. The van der Waals surface area contributed by atoms with Crippen molar-refractivity contribution in [1.29, 1.82) is 0 Å². The Hall–Kier alpha value is -3.79. The number of benzene rings is 2. The quantitative estimate of drug-likeness (QED) is 0.522. The van der Waals surface area contributed by atoms with Gasteiger partial charge in [0.2, 0.25) is 5.91 Å². The van der Waals surface area contributed by atoms with Crippen LogP contribution in [0.1, 0.15) is 29.5 Å². The minimum absolute atomic E-state index is 0.215. The van der Waals surface area contributed by atoms with E-state index in [2.05, 4.69) is 5.32 Å². The third-order valence-corrected chi connectivity index (χ3v) is 7.04. The maximum atomic E-state index is 12.8. The Labute approximate surface area is 219 Å². The number of aryl methyl sites for hydroxylation is 2. The maximum absolute atomic E-state index is 12.8. The first-order valence-electron chi connectivity index (χ1n) is 12.0. The molecule has 2 saturated heterocycles. The number of methoxy groups -OCH3 is 1. The third kappa shape index (κ3) is 6.32. The number of carbonyl (C=O) groups excluding carboxylic acids is 4. The van der Waals surface area contributed by atoms with Gasteiger partial charge < -0.3 is 19.7 Å². The molecule has 2 heterocycles. The van der Waals surface area contributed by atoms with Crippen molar-refractivity contribution < 1.29 is 28.7 Å². The predicted octanol–water partition coefficient (Wildman–Crippen LogP) is 3.99. The number of anilines is 1. The molecule has 0 atom stereocenters. The molecule has 4 amide bonds. The summed E-state index contributed by atoms with van der Waals surface area (Å²) < 4.78 is 11.1. The van der Waals surface area contributed by atoms with Crippen molar-refractivity contribution in [2.45, 2.75) is 26.7 Å². The molecule has 0 spiro atoms. The van der Waals surface area contributed by atoms with E-state index in [4.69, 9.17) is 9.47 Å². The summed E-state index contributed by atoms with van der Waals surface area (Å²) in [6, 6.07) is 10.8. The predicted molar refractivity (Wildman–Crippen MR) is 142 cm³/mol. The molecule has 0 bridgehead atoms. The molecule has 194 valence electrons. The molecule has 2 aliphatic heterocycles. The number of likely N-dealkylation sites (tertiary alicyclic amines) is 1. The van der Waals surface area contributed by atoms with Crippen molar-refractivity contribution in [1.82, 2.24) is 9.80 Å². The van der Waals surface area contributed by atoms with Crippen LogP contribution in [0.3, 0.4) is 0 Å². The Bertz CT molecular complexity index is 1270. The van der Waals surface area contributed by atoms with Gasteiger partial charge in [0, 0.05) is 18.8 Å². The average molecular weight is 524 g/mol. The van der Waals surface area contributed by atoms with Crippen LogP contribution in [-0.4, -0.2) is 66.1 Å². The van der Waals surface area contributed by atoms with E-state index >= 15 is 0 Å². The zero-order valence-electron chi connectivity index (χ0n) is 21.0. The van der Waals surface area contributed by atoms with Gasteiger partial charge in [-0.25, -0.2) is 0 Å². The second kappa shape index (κ2) is 11.5. The Balaban J connectivity index is 1.39. The number of carbonyl (C=O) groups is 4. The molecule has 2 aliphatic rings. The lowest BCUT2D eigenvalue weighted by atomic mass is 10.1.